The van der Waals surface area contributed by atoms with Crippen molar-refractivity contribution in [2.24, 2.45) is 5.73 Å². The highest BCUT2D eigenvalue weighted by Gasteiger charge is 2.59. The number of carbonyl (C=O) groups is 1. The number of amides is 1. The van der Waals surface area contributed by atoms with E-state index in [1.165, 1.54) is 18.3 Å². The number of nitrogens with two attached hydrogens (primary N) is 1. The van der Waals surface area contributed by atoms with Gasteiger partial charge in [0, 0.05) is 18.0 Å². The van der Waals surface area contributed by atoms with Gasteiger partial charge < -0.3 is 20.7 Å². The fourth-order valence-electron chi connectivity index (χ4n) is 2.82. The number of ether oxygens (including phenoxy) is 1. The third-order valence-corrected chi connectivity index (χ3v) is 4.18. The normalized spacial score (nSPS) is 24.1. The standard InChI is InChI=1S/C16H16F2N4O5/c1-7-4-8(11(13(19)25)20-5-7)9-2-3-22(15(26)21-9)14-16(17,18)12(24)10(6-23)27-14/h2-5,10,12,14,23-24H,6H2,1H3,(H2,19,25)/t10-,12-,14-/m1/s1. The number of aliphatic hydroxyl groups excluding tert-OH is 2. The van der Waals surface area contributed by atoms with E-state index in [1.807, 2.05) is 0 Å². The van der Waals surface area contributed by atoms with E-state index in [0.717, 1.165) is 6.20 Å². The van der Waals surface area contributed by atoms with Gasteiger partial charge in [-0.2, -0.15) is 13.8 Å². The highest BCUT2D eigenvalue weighted by atomic mass is 19.3. The van der Waals surface area contributed by atoms with Crippen molar-refractivity contribution in [3.63, 3.8) is 0 Å². The number of aryl methyl sites for hydroxylation is 1. The lowest BCUT2D eigenvalue weighted by Crippen LogP contribution is -2.41. The minimum atomic E-state index is -3.82. The summed E-state index contributed by atoms with van der Waals surface area (Å²) >= 11 is 0. The fourth-order valence-corrected chi connectivity index (χ4v) is 2.82. The summed E-state index contributed by atoms with van der Waals surface area (Å²) in [5.41, 5.74) is 4.91. The Morgan fingerprint density at radius 2 is 2.19 bits per heavy atom. The molecule has 27 heavy (non-hydrogen) atoms. The van der Waals surface area contributed by atoms with Gasteiger partial charge in [-0.1, -0.05) is 0 Å². The van der Waals surface area contributed by atoms with Gasteiger partial charge in [-0.15, -0.1) is 0 Å². The Bertz CT molecular complexity index is 949. The molecule has 3 atom stereocenters. The number of alkyl halides is 2. The number of aliphatic hydroxyl groups is 2. The summed E-state index contributed by atoms with van der Waals surface area (Å²) < 4.78 is 33.8. The Hall–Kier alpha value is -2.76. The molecule has 0 bridgehead atoms. The first-order valence-electron chi connectivity index (χ1n) is 7.85. The first-order valence-corrected chi connectivity index (χ1v) is 7.85. The molecule has 4 N–H and O–H groups in total. The first kappa shape index (κ1) is 19.0. The average molecular weight is 382 g/mol. The van der Waals surface area contributed by atoms with Crippen LogP contribution in [0.4, 0.5) is 8.78 Å². The van der Waals surface area contributed by atoms with Crippen LogP contribution in [-0.4, -0.2) is 55.4 Å². The van der Waals surface area contributed by atoms with Crippen molar-refractivity contribution >= 4 is 5.91 Å². The Morgan fingerprint density at radius 1 is 1.48 bits per heavy atom. The zero-order valence-electron chi connectivity index (χ0n) is 14.0. The molecule has 0 aromatic carbocycles. The van der Waals surface area contributed by atoms with E-state index in [0.29, 0.717) is 10.1 Å². The van der Waals surface area contributed by atoms with Gasteiger partial charge in [0.1, 0.15) is 11.8 Å². The topological polar surface area (TPSA) is 141 Å². The second-order valence-corrected chi connectivity index (χ2v) is 6.10. The van der Waals surface area contributed by atoms with E-state index < -0.39 is 42.6 Å². The number of hydrogen-bond donors (Lipinski definition) is 3. The molecule has 0 saturated carbocycles. The predicted molar refractivity (Wildman–Crippen MR) is 86.9 cm³/mol. The second-order valence-electron chi connectivity index (χ2n) is 6.10. The molecule has 0 radical (unpaired) electrons. The van der Waals surface area contributed by atoms with E-state index in [9.17, 15) is 23.5 Å². The zero-order chi connectivity index (χ0) is 19.9. The van der Waals surface area contributed by atoms with Gasteiger partial charge in [0.05, 0.1) is 12.3 Å². The molecule has 9 nitrogen and oxygen atoms in total. The van der Waals surface area contributed by atoms with Gasteiger partial charge in [0.25, 0.3) is 5.91 Å². The summed E-state index contributed by atoms with van der Waals surface area (Å²) in [5, 5.41) is 18.6. The summed E-state index contributed by atoms with van der Waals surface area (Å²) in [7, 11) is 0. The number of halogens is 2. The van der Waals surface area contributed by atoms with Crippen LogP contribution in [0.15, 0.2) is 29.3 Å². The Balaban J connectivity index is 2.05. The van der Waals surface area contributed by atoms with E-state index in [4.69, 9.17) is 15.6 Å². The lowest BCUT2D eigenvalue weighted by Gasteiger charge is -2.21. The van der Waals surface area contributed by atoms with E-state index >= 15 is 0 Å². The molecule has 3 heterocycles. The number of aromatic nitrogens is 3. The molecule has 1 aliphatic heterocycles. The van der Waals surface area contributed by atoms with Crippen LogP contribution in [0, 0.1) is 6.92 Å². The number of rotatable bonds is 4. The Labute approximate surface area is 151 Å². The minimum Gasteiger partial charge on any atom is -0.394 e. The van der Waals surface area contributed by atoms with Crippen molar-refractivity contribution in [2.45, 2.75) is 31.3 Å². The largest absolute Gasteiger partial charge is 0.394 e. The summed E-state index contributed by atoms with van der Waals surface area (Å²) in [5.74, 6) is -4.65. The highest BCUT2D eigenvalue weighted by molar-refractivity contribution is 5.97. The summed E-state index contributed by atoms with van der Waals surface area (Å²) in [6.45, 7) is 0.857. The van der Waals surface area contributed by atoms with Crippen LogP contribution in [0.5, 0.6) is 0 Å². The van der Waals surface area contributed by atoms with Gasteiger partial charge in [-0.05, 0) is 24.6 Å². The van der Waals surface area contributed by atoms with Crippen molar-refractivity contribution < 1.29 is 28.5 Å². The smallest absolute Gasteiger partial charge is 0.350 e. The van der Waals surface area contributed by atoms with Crippen molar-refractivity contribution in [2.75, 3.05) is 6.61 Å². The first-order chi connectivity index (χ1) is 12.7. The zero-order valence-corrected chi connectivity index (χ0v) is 14.0. The molecule has 1 fully saturated rings. The fraction of sp³-hybridized carbons (Fsp3) is 0.375. The van der Waals surface area contributed by atoms with Crippen LogP contribution >= 0.6 is 0 Å². The monoisotopic (exact) mass is 382 g/mol. The van der Waals surface area contributed by atoms with Crippen LogP contribution < -0.4 is 11.4 Å². The second kappa shape index (κ2) is 6.76. The molecule has 0 aliphatic carbocycles. The van der Waals surface area contributed by atoms with Crippen molar-refractivity contribution in [1.29, 1.82) is 0 Å². The molecular weight excluding hydrogens is 366 g/mol. The van der Waals surface area contributed by atoms with Gasteiger partial charge in [0.15, 0.2) is 6.10 Å². The third-order valence-electron chi connectivity index (χ3n) is 4.18. The number of pyridine rings is 1. The molecule has 0 unspecified atom stereocenters. The number of hydrogen-bond acceptors (Lipinski definition) is 7. The molecule has 2 aromatic heterocycles. The molecular formula is C16H16F2N4O5. The highest BCUT2D eigenvalue weighted by Crippen LogP contribution is 2.42. The molecule has 1 aliphatic rings. The van der Waals surface area contributed by atoms with E-state index in [-0.39, 0.29) is 17.0 Å². The third kappa shape index (κ3) is 3.20. The number of carbonyl (C=O) groups excluding carboxylic acids is 1. The van der Waals surface area contributed by atoms with Crippen molar-refractivity contribution in [3.05, 3.63) is 46.3 Å². The molecule has 3 rings (SSSR count). The van der Waals surface area contributed by atoms with Gasteiger partial charge >= 0.3 is 11.6 Å². The Morgan fingerprint density at radius 3 is 2.74 bits per heavy atom. The minimum absolute atomic E-state index is 0.0156. The van der Waals surface area contributed by atoms with Crippen LogP contribution in [-0.2, 0) is 4.74 Å². The van der Waals surface area contributed by atoms with E-state index in [1.54, 1.807) is 6.92 Å². The average Bonchev–Trinajstić information content (AvgIpc) is 2.84. The maximum Gasteiger partial charge on any atom is 0.350 e. The summed E-state index contributed by atoms with van der Waals surface area (Å²) in [4.78, 5) is 31.5. The quantitative estimate of drug-likeness (QED) is 0.653. The predicted octanol–water partition coefficient (Wildman–Crippen LogP) is -0.401. The van der Waals surface area contributed by atoms with Crippen LogP contribution in [0.3, 0.4) is 0 Å². The summed E-state index contributed by atoms with van der Waals surface area (Å²) in [6.07, 6.45) is -3.54. The Kier molecular flexibility index (Phi) is 4.76. The molecule has 1 amide bonds. The number of primary amides is 1. The van der Waals surface area contributed by atoms with E-state index in [2.05, 4.69) is 9.97 Å². The maximum absolute atomic E-state index is 14.2. The maximum atomic E-state index is 14.2. The molecule has 144 valence electrons. The van der Waals surface area contributed by atoms with Crippen LogP contribution in [0.25, 0.3) is 11.3 Å². The van der Waals surface area contributed by atoms with Gasteiger partial charge in [-0.25, -0.2) is 4.79 Å². The molecule has 2 aromatic rings. The van der Waals surface area contributed by atoms with Crippen molar-refractivity contribution in [3.8, 4) is 11.3 Å². The summed E-state index contributed by atoms with van der Waals surface area (Å²) in [6, 6.07) is 2.76. The van der Waals surface area contributed by atoms with Crippen LogP contribution in [0.1, 0.15) is 22.3 Å². The SMILES string of the molecule is Cc1cnc(C(N)=O)c(-c2ccn([C@@H]3O[C@H](CO)[C@@H](O)C3(F)F)c(=O)n2)c1. The van der Waals surface area contributed by atoms with Gasteiger partial charge in [0.2, 0.25) is 6.23 Å². The number of nitrogens with zero attached hydrogens (tertiary/aromatic N) is 3. The lowest BCUT2D eigenvalue weighted by atomic mass is 10.1. The molecule has 1 saturated heterocycles. The van der Waals surface area contributed by atoms with Gasteiger partial charge in [-0.3, -0.25) is 14.3 Å². The van der Waals surface area contributed by atoms with Crippen molar-refractivity contribution in [1.82, 2.24) is 14.5 Å². The molecule has 0 spiro atoms. The lowest BCUT2D eigenvalue weighted by molar-refractivity contribution is -0.140. The molecule has 11 heteroatoms. The van der Waals surface area contributed by atoms with Crippen LogP contribution in [0.2, 0.25) is 0 Å².